The van der Waals surface area contributed by atoms with Crippen LogP contribution in [0.5, 0.6) is 0 Å². The van der Waals surface area contributed by atoms with Crippen LogP contribution in [0, 0.1) is 5.92 Å². The Hall–Kier alpha value is -3.48. The predicted octanol–water partition coefficient (Wildman–Crippen LogP) is 2.16. The monoisotopic (exact) mass is 367 g/mol. The molecule has 0 unspecified atom stereocenters. The van der Waals surface area contributed by atoms with Crippen molar-refractivity contribution < 1.29 is 28.8 Å². The molecule has 2 aromatic rings. The summed E-state index contributed by atoms with van der Waals surface area (Å²) < 4.78 is 4.75. The van der Waals surface area contributed by atoms with Crippen molar-refractivity contribution in [1.29, 1.82) is 0 Å². The van der Waals surface area contributed by atoms with Crippen molar-refractivity contribution in [3.63, 3.8) is 0 Å². The SMILES string of the molecule is COC(=O)[C@@H](CC(=O)ON1C(=O)c2ccccc2C1=O)Cc1ccccc1. The zero-order valence-electron chi connectivity index (χ0n) is 14.6. The first-order valence-corrected chi connectivity index (χ1v) is 8.31. The van der Waals surface area contributed by atoms with Crippen LogP contribution in [-0.2, 0) is 25.6 Å². The summed E-state index contributed by atoms with van der Waals surface area (Å²) in [6.07, 6.45) is -0.0558. The highest BCUT2D eigenvalue weighted by Gasteiger charge is 2.39. The molecule has 3 rings (SSSR count). The molecule has 0 fully saturated rings. The standard InChI is InChI=1S/C20H17NO6/c1-26-20(25)14(11-13-7-3-2-4-8-13)12-17(22)27-21-18(23)15-9-5-6-10-16(15)19(21)24/h2-10,14H,11-12H2,1H3/t14-/m1/s1. The summed E-state index contributed by atoms with van der Waals surface area (Å²) in [7, 11) is 1.23. The average Bonchev–Trinajstić information content (AvgIpc) is 2.93. The molecule has 0 aliphatic carbocycles. The van der Waals surface area contributed by atoms with Gasteiger partial charge in [-0.2, -0.15) is 0 Å². The van der Waals surface area contributed by atoms with E-state index in [0.29, 0.717) is 5.06 Å². The highest BCUT2D eigenvalue weighted by atomic mass is 16.7. The fourth-order valence-corrected chi connectivity index (χ4v) is 2.89. The predicted molar refractivity (Wildman–Crippen MR) is 93.3 cm³/mol. The van der Waals surface area contributed by atoms with Gasteiger partial charge in [0.15, 0.2) is 0 Å². The molecule has 0 radical (unpaired) electrons. The van der Waals surface area contributed by atoms with Crippen molar-refractivity contribution in [2.24, 2.45) is 5.92 Å². The molecule has 7 heteroatoms. The third-order valence-electron chi connectivity index (χ3n) is 4.22. The Morgan fingerprint density at radius 1 is 0.926 bits per heavy atom. The number of nitrogens with zero attached hydrogens (tertiary/aromatic N) is 1. The Balaban J connectivity index is 1.69. The van der Waals surface area contributed by atoms with E-state index in [1.807, 2.05) is 30.3 Å². The van der Waals surface area contributed by atoms with Gasteiger partial charge in [0, 0.05) is 0 Å². The van der Waals surface area contributed by atoms with E-state index in [9.17, 15) is 19.2 Å². The molecule has 0 bridgehead atoms. The molecule has 0 spiro atoms. The molecule has 0 aromatic heterocycles. The van der Waals surface area contributed by atoms with Gasteiger partial charge in [0.25, 0.3) is 11.8 Å². The number of imide groups is 1. The highest BCUT2D eigenvalue weighted by molar-refractivity contribution is 6.20. The van der Waals surface area contributed by atoms with Gasteiger partial charge in [0.2, 0.25) is 0 Å². The van der Waals surface area contributed by atoms with Gasteiger partial charge in [-0.15, -0.1) is 0 Å². The number of hydrogen-bond acceptors (Lipinski definition) is 6. The lowest BCUT2D eigenvalue weighted by atomic mass is 9.96. The lowest BCUT2D eigenvalue weighted by molar-refractivity contribution is -0.171. The number of hydrogen-bond donors (Lipinski definition) is 0. The molecule has 27 heavy (non-hydrogen) atoms. The minimum Gasteiger partial charge on any atom is -0.469 e. The zero-order valence-corrected chi connectivity index (χ0v) is 14.6. The van der Waals surface area contributed by atoms with Crippen LogP contribution in [-0.4, -0.2) is 35.9 Å². The van der Waals surface area contributed by atoms with Crippen molar-refractivity contribution >= 4 is 23.8 Å². The maximum Gasteiger partial charge on any atom is 0.334 e. The molecule has 0 N–H and O–H groups in total. The van der Waals surface area contributed by atoms with E-state index in [1.54, 1.807) is 12.1 Å². The third-order valence-corrected chi connectivity index (χ3v) is 4.22. The smallest absolute Gasteiger partial charge is 0.334 e. The van der Waals surface area contributed by atoms with Crippen molar-refractivity contribution in [3.05, 3.63) is 71.3 Å². The Morgan fingerprint density at radius 3 is 2.04 bits per heavy atom. The summed E-state index contributed by atoms with van der Waals surface area (Å²) >= 11 is 0. The number of benzene rings is 2. The number of rotatable bonds is 6. The van der Waals surface area contributed by atoms with E-state index in [0.717, 1.165) is 5.56 Å². The Labute approximate surface area is 155 Å². The van der Waals surface area contributed by atoms with Gasteiger partial charge < -0.3 is 9.57 Å². The zero-order chi connectivity index (χ0) is 19.4. The molecule has 2 aromatic carbocycles. The van der Waals surface area contributed by atoms with Crippen molar-refractivity contribution in [2.75, 3.05) is 7.11 Å². The largest absolute Gasteiger partial charge is 0.469 e. The number of carbonyl (C=O) groups excluding carboxylic acids is 4. The van der Waals surface area contributed by atoms with E-state index in [4.69, 9.17) is 9.57 Å². The number of ether oxygens (including phenoxy) is 1. The summed E-state index contributed by atoms with van der Waals surface area (Å²) in [5, 5.41) is 0.434. The molecule has 1 heterocycles. The van der Waals surface area contributed by atoms with E-state index < -0.39 is 29.7 Å². The number of methoxy groups -OCH3 is 1. The molecule has 1 atom stereocenters. The fraction of sp³-hybridized carbons (Fsp3) is 0.200. The second-order valence-electron chi connectivity index (χ2n) is 6.03. The highest BCUT2D eigenvalue weighted by Crippen LogP contribution is 2.23. The van der Waals surface area contributed by atoms with Crippen LogP contribution in [0.1, 0.15) is 32.7 Å². The Morgan fingerprint density at radius 2 is 1.48 bits per heavy atom. The molecule has 7 nitrogen and oxygen atoms in total. The number of carbonyl (C=O) groups is 4. The molecular weight excluding hydrogens is 350 g/mol. The van der Waals surface area contributed by atoms with Crippen LogP contribution in [0.15, 0.2) is 54.6 Å². The molecule has 0 saturated carbocycles. The second kappa shape index (κ2) is 7.82. The van der Waals surface area contributed by atoms with Gasteiger partial charge in [-0.05, 0) is 24.1 Å². The van der Waals surface area contributed by atoms with E-state index in [-0.39, 0.29) is 24.0 Å². The van der Waals surface area contributed by atoms with Gasteiger partial charge in [-0.25, -0.2) is 4.79 Å². The summed E-state index contributed by atoms with van der Waals surface area (Å²) in [6.45, 7) is 0. The van der Waals surface area contributed by atoms with Crippen molar-refractivity contribution in [3.8, 4) is 0 Å². The third kappa shape index (κ3) is 3.87. The first-order chi connectivity index (χ1) is 13.0. The van der Waals surface area contributed by atoms with Crippen LogP contribution >= 0.6 is 0 Å². The summed E-state index contributed by atoms with van der Waals surface area (Å²) in [6, 6.07) is 15.3. The quantitative estimate of drug-likeness (QED) is 0.574. The van der Waals surface area contributed by atoms with Gasteiger partial charge in [-0.3, -0.25) is 14.4 Å². The van der Waals surface area contributed by atoms with Crippen LogP contribution in [0.4, 0.5) is 0 Å². The van der Waals surface area contributed by atoms with Gasteiger partial charge in [0.05, 0.1) is 30.6 Å². The topological polar surface area (TPSA) is 90.0 Å². The molecular formula is C20H17NO6. The van der Waals surface area contributed by atoms with E-state index in [1.165, 1.54) is 19.2 Å². The lowest BCUT2D eigenvalue weighted by Gasteiger charge is -2.16. The van der Waals surface area contributed by atoms with Crippen molar-refractivity contribution in [2.45, 2.75) is 12.8 Å². The average molecular weight is 367 g/mol. The number of hydroxylamine groups is 2. The second-order valence-corrected chi connectivity index (χ2v) is 6.03. The van der Waals surface area contributed by atoms with Gasteiger partial charge in [-0.1, -0.05) is 47.5 Å². The van der Waals surface area contributed by atoms with Gasteiger partial charge >= 0.3 is 11.9 Å². The summed E-state index contributed by atoms with van der Waals surface area (Å²) in [5.74, 6) is -3.64. The minimum atomic E-state index is -0.865. The number of esters is 1. The molecule has 0 saturated heterocycles. The first kappa shape index (κ1) is 18.3. The van der Waals surface area contributed by atoms with Crippen LogP contribution in [0.2, 0.25) is 0 Å². The molecule has 2 amide bonds. The summed E-state index contributed by atoms with van der Waals surface area (Å²) in [5.41, 5.74) is 1.19. The molecule has 138 valence electrons. The molecule has 1 aliphatic rings. The van der Waals surface area contributed by atoms with Crippen LogP contribution in [0.25, 0.3) is 0 Å². The van der Waals surface area contributed by atoms with Crippen LogP contribution < -0.4 is 0 Å². The fourth-order valence-electron chi connectivity index (χ4n) is 2.89. The first-order valence-electron chi connectivity index (χ1n) is 8.31. The maximum atomic E-state index is 12.3. The Kier molecular flexibility index (Phi) is 5.30. The normalized spacial score (nSPS) is 13.9. The van der Waals surface area contributed by atoms with E-state index >= 15 is 0 Å². The van der Waals surface area contributed by atoms with Crippen LogP contribution in [0.3, 0.4) is 0 Å². The minimum absolute atomic E-state index is 0.170. The Bertz CT molecular complexity index is 857. The van der Waals surface area contributed by atoms with E-state index in [2.05, 4.69) is 0 Å². The lowest BCUT2D eigenvalue weighted by Crippen LogP contribution is -2.34. The number of amides is 2. The summed E-state index contributed by atoms with van der Waals surface area (Å²) in [4.78, 5) is 53.8. The van der Waals surface area contributed by atoms with Gasteiger partial charge in [0.1, 0.15) is 0 Å². The number of fused-ring (bicyclic) bond motifs is 1. The maximum absolute atomic E-state index is 12.3. The van der Waals surface area contributed by atoms with Crippen molar-refractivity contribution in [1.82, 2.24) is 5.06 Å². The molecule has 1 aliphatic heterocycles.